The predicted molar refractivity (Wildman–Crippen MR) is 131 cm³/mol. The molecule has 3 saturated heterocycles. The van der Waals surface area contributed by atoms with Gasteiger partial charge in [-0.2, -0.15) is 0 Å². The molecular formula is C26H33ClN2O6. The fourth-order valence-corrected chi connectivity index (χ4v) is 6.56. The van der Waals surface area contributed by atoms with Gasteiger partial charge >= 0.3 is 5.97 Å². The molecule has 35 heavy (non-hydrogen) atoms. The maximum Gasteiger partial charge on any atom is 0.310 e. The summed E-state index contributed by atoms with van der Waals surface area (Å²) < 4.78 is 6.44. The Morgan fingerprint density at radius 1 is 1.26 bits per heavy atom. The van der Waals surface area contributed by atoms with Crippen LogP contribution in [0.3, 0.4) is 0 Å². The van der Waals surface area contributed by atoms with Crippen LogP contribution in [-0.4, -0.2) is 69.8 Å². The molecule has 1 aromatic carbocycles. The van der Waals surface area contributed by atoms with Gasteiger partial charge in [0.1, 0.15) is 11.6 Å². The fourth-order valence-electron chi connectivity index (χ4n) is 6.32. The number of carboxylic acid groups (broad SMARTS) is 1. The van der Waals surface area contributed by atoms with Crippen LogP contribution in [0.1, 0.15) is 45.4 Å². The Labute approximate surface area is 210 Å². The largest absolute Gasteiger partial charge is 0.481 e. The van der Waals surface area contributed by atoms with Crippen molar-refractivity contribution in [1.29, 1.82) is 0 Å². The van der Waals surface area contributed by atoms with Gasteiger partial charge < -0.3 is 24.7 Å². The van der Waals surface area contributed by atoms with Gasteiger partial charge in [-0.1, -0.05) is 42.7 Å². The molecule has 190 valence electrons. The SMILES string of the molecule is C=CCN(C(=O)C1N(CCCCCCO)C(=O)[C@@H]2[C@H](C(=O)O)[C@]3(C)CCC12O3)c1ccccc1Cl. The molecule has 0 aromatic heterocycles. The van der Waals surface area contributed by atoms with Crippen molar-refractivity contribution >= 4 is 35.1 Å². The van der Waals surface area contributed by atoms with E-state index in [0.29, 0.717) is 42.9 Å². The average molecular weight is 505 g/mol. The number of carboxylic acids is 1. The molecule has 1 aromatic rings. The van der Waals surface area contributed by atoms with Crippen molar-refractivity contribution in [2.24, 2.45) is 11.8 Å². The van der Waals surface area contributed by atoms with Crippen molar-refractivity contribution in [2.75, 3.05) is 24.6 Å². The van der Waals surface area contributed by atoms with Gasteiger partial charge in [0, 0.05) is 19.7 Å². The number of rotatable bonds is 11. The summed E-state index contributed by atoms with van der Waals surface area (Å²) in [5, 5.41) is 19.5. The number of halogens is 1. The third-order valence-corrected chi connectivity index (χ3v) is 8.12. The van der Waals surface area contributed by atoms with Crippen LogP contribution in [0, 0.1) is 11.8 Å². The molecule has 4 rings (SSSR count). The van der Waals surface area contributed by atoms with Crippen LogP contribution >= 0.6 is 11.6 Å². The van der Waals surface area contributed by atoms with Gasteiger partial charge in [0.05, 0.1) is 28.1 Å². The molecule has 2 bridgehead atoms. The molecule has 3 aliphatic rings. The zero-order valence-corrected chi connectivity index (χ0v) is 20.7. The second-order valence-electron chi connectivity index (χ2n) is 9.92. The lowest BCUT2D eigenvalue weighted by Crippen LogP contribution is -2.56. The van der Waals surface area contributed by atoms with Crippen LogP contribution in [0.25, 0.3) is 0 Å². The van der Waals surface area contributed by atoms with E-state index in [-0.39, 0.29) is 25.0 Å². The monoisotopic (exact) mass is 504 g/mol. The first-order valence-electron chi connectivity index (χ1n) is 12.2. The van der Waals surface area contributed by atoms with Crippen LogP contribution < -0.4 is 4.90 Å². The van der Waals surface area contributed by atoms with Gasteiger partial charge in [0.25, 0.3) is 5.91 Å². The third kappa shape index (κ3) is 4.15. The number of likely N-dealkylation sites (tertiary alicyclic amines) is 1. The Morgan fingerprint density at radius 3 is 2.63 bits per heavy atom. The number of hydrogen-bond acceptors (Lipinski definition) is 5. The van der Waals surface area contributed by atoms with Crippen molar-refractivity contribution in [3.8, 4) is 0 Å². The number of benzene rings is 1. The molecule has 9 heteroatoms. The minimum absolute atomic E-state index is 0.107. The van der Waals surface area contributed by atoms with E-state index >= 15 is 0 Å². The van der Waals surface area contributed by atoms with Gasteiger partial charge in [-0.05, 0) is 44.7 Å². The second-order valence-corrected chi connectivity index (χ2v) is 10.3. The summed E-state index contributed by atoms with van der Waals surface area (Å²) >= 11 is 6.44. The van der Waals surface area contributed by atoms with Crippen LogP contribution in [-0.2, 0) is 19.1 Å². The topological polar surface area (TPSA) is 107 Å². The number of aliphatic carboxylic acids is 1. The highest BCUT2D eigenvalue weighted by Gasteiger charge is 2.78. The summed E-state index contributed by atoms with van der Waals surface area (Å²) in [4.78, 5) is 43.4. The highest BCUT2D eigenvalue weighted by atomic mass is 35.5. The molecule has 2 unspecified atom stereocenters. The standard InChI is InChI=1S/C26H33ClN2O6/c1-3-14-28(18-11-7-6-10-17(18)27)23(32)21-26-13-12-25(2,35-26)20(24(33)34)19(26)22(31)29(21)15-8-4-5-9-16-30/h3,6-7,10-11,19-21,30H,1,4-5,8-9,12-16H2,2H3,(H,33,34)/t19-,20+,21?,25-,26?/m0/s1. The quantitative estimate of drug-likeness (QED) is 0.354. The van der Waals surface area contributed by atoms with Gasteiger partial charge in [0.15, 0.2) is 0 Å². The normalized spacial score (nSPS) is 31.0. The van der Waals surface area contributed by atoms with Crippen LogP contribution in [0.15, 0.2) is 36.9 Å². The number of nitrogens with zero attached hydrogens (tertiary/aromatic N) is 2. The number of amides is 2. The summed E-state index contributed by atoms with van der Waals surface area (Å²) in [7, 11) is 0. The molecule has 2 amide bonds. The van der Waals surface area contributed by atoms with Crippen molar-refractivity contribution in [3.05, 3.63) is 41.9 Å². The Balaban J connectivity index is 1.74. The first-order chi connectivity index (χ1) is 16.7. The first kappa shape index (κ1) is 25.7. The predicted octanol–water partition coefficient (Wildman–Crippen LogP) is 3.26. The van der Waals surface area contributed by atoms with Gasteiger partial charge in [-0.15, -0.1) is 6.58 Å². The van der Waals surface area contributed by atoms with E-state index in [0.717, 1.165) is 12.8 Å². The lowest BCUT2D eigenvalue weighted by Gasteiger charge is -2.37. The number of para-hydroxylation sites is 1. The Hall–Kier alpha value is -2.42. The maximum atomic E-state index is 14.3. The van der Waals surface area contributed by atoms with E-state index in [1.165, 1.54) is 4.90 Å². The molecule has 1 spiro atoms. The number of ether oxygens (including phenoxy) is 1. The number of anilines is 1. The summed E-state index contributed by atoms with van der Waals surface area (Å²) in [6.07, 6.45) is 5.40. The van der Waals surface area contributed by atoms with Crippen LogP contribution in [0.5, 0.6) is 0 Å². The molecule has 5 atom stereocenters. The molecule has 3 aliphatic heterocycles. The van der Waals surface area contributed by atoms with E-state index in [1.54, 1.807) is 42.2 Å². The van der Waals surface area contributed by atoms with Crippen molar-refractivity contribution in [1.82, 2.24) is 4.90 Å². The van der Waals surface area contributed by atoms with E-state index < -0.39 is 35.0 Å². The molecule has 0 aliphatic carbocycles. The summed E-state index contributed by atoms with van der Waals surface area (Å²) in [6, 6.07) is 6.03. The van der Waals surface area contributed by atoms with Crippen LogP contribution in [0.4, 0.5) is 5.69 Å². The molecule has 2 N–H and O–H groups in total. The molecular weight excluding hydrogens is 472 g/mol. The third-order valence-electron chi connectivity index (χ3n) is 7.80. The van der Waals surface area contributed by atoms with E-state index in [2.05, 4.69) is 6.58 Å². The fraction of sp³-hybridized carbons (Fsp3) is 0.577. The number of aliphatic hydroxyl groups is 1. The number of unbranched alkanes of at least 4 members (excludes halogenated alkanes) is 3. The second kappa shape index (κ2) is 9.91. The number of carbonyl (C=O) groups excluding carboxylic acids is 2. The number of hydrogen-bond donors (Lipinski definition) is 2. The van der Waals surface area contributed by atoms with Gasteiger partial charge in [-0.25, -0.2) is 0 Å². The number of aliphatic hydroxyl groups excluding tert-OH is 1. The Morgan fingerprint density at radius 2 is 1.97 bits per heavy atom. The molecule has 0 radical (unpaired) electrons. The summed E-state index contributed by atoms with van der Waals surface area (Å²) in [5.74, 6) is -3.68. The van der Waals surface area contributed by atoms with E-state index in [4.69, 9.17) is 21.4 Å². The summed E-state index contributed by atoms with van der Waals surface area (Å²) in [6.45, 7) is 6.13. The average Bonchev–Trinajstić information content (AvgIpc) is 3.38. The van der Waals surface area contributed by atoms with Gasteiger partial charge in [0.2, 0.25) is 5.91 Å². The Bertz CT molecular complexity index is 1020. The lowest BCUT2D eigenvalue weighted by molar-refractivity contribution is -0.154. The number of fused-ring (bicyclic) bond motifs is 1. The first-order valence-corrected chi connectivity index (χ1v) is 12.6. The zero-order valence-electron chi connectivity index (χ0n) is 20.0. The highest BCUT2D eigenvalue weighted by molar-refractivity contribution is 6.34. The maximum absolute atomic E-state index is 14.3. The summed E-state index contributed by atoms with van der Waals surface area (Å²) in [5.41, 5.74) is -1.69. The highest BCUT2D eigenvalue weighted by Crippen LogP contribution is 2.63. The number of carbonyl (C=O) groups is 3. The zero-order chi connectivity index (χ0) is 25.4. The molecule has 3 heterocycles. The van der Waals surface area contributed by atoms with E-state index in [9.17, 15) is 19.5 Å². The smallest absolute Gasteiger partial charge is 0.310 e. The molecule has 8 nitrogen and oxygen atoms in total. The van der Waals surface area contributed by atoms with Crippen molar-refractivity contribution in [3.63, 3.8) is 0 Å². The molecule has 3 fully saturated rings. The van der Waals surface area contributed by atoms with Crippen LogP contribution in [0.2, 0.25) is 5.02 Å². The minimum atomic E-state index is -1.20. The van der Waals surface area contributed by atoms with Crippen molar-refractivity contribution in [2.45, 2.75) is 62.7 Å². The van der Waals surface area contributed by atoms with E-state index in [1.807, 2.05) is 0 Å². The lowest BCUT2D eigenvalue weighted by atomic mass is 9.66. The van der Waals surface area contributed by atoms with Gasteiger partial charge in [-0.3, -0.25) is 14.4 Å². The Kier molecular flexibility index (Phi) is 7.27. The minimum Gasteiger partial charge on any atom is -0.481 e. The van der Waals surface area contributed by atoms with Crippen molar-refractivity contribution < 1.29 is 29.3 Å². The molecule has 0 saturated carbocycles.